The number of H-pyrrole nitrogens is 1. The van der Waals surface area contributed by atoms with Crippen molar-refractivity contribution in [3.63, 3.8) is 0 Å². The second kappa shape index (κ2) is 3.33. The third-order valence-corrected chi connectivity index (χ3v) is 1.40. The van der Waals surface area contributed by atoms with Gasteiger partial charge in [0, 0.05) is 5.69 Å². The van der Waals surface area contributed by atoms with Crippen molar-refractivity contribution in [3.05, 3.63) is 24.0 Å². The summed E-state index contributed by atoms with van der Waals surface area (Å²) in [6, 6.07) is 4.00. The van der Waals surface area contributed by atoms with Crippen LogP contribution in [0.15, 0.2) is 12.1 Å². The lowest BCUT2D eigenvalue weighted by Crippen LogP contribution is -1.81. The average molecular weight is 122 g/mol. The molecule has 0 fully saturated rings. The zero-order valence-corrected chi connectivity index (χ0v) is 5.78. The van der Waals surface area contributed by atoms with Crippen LogP contribution in [0.25, 0.3) is 0 Å². The summed E-state index contributed by atoms with van der Waals surface area (Å²) in [5, 5.41) is 0. The van der Waals surface area contributed by atoms with Crippen molar-refractivity contribution in [1.82, 2.24) is 4.98 Å². The van der Waals surface area contributed by atoms with E-state index in [-0.39, 0.29) is 0 Å². The Hall–Kier alpha value is -0.720. The minimum atomic E-state index is 1.17. The Kier molecular flexibility index (Phi) is 2.37. The highest BCUT2D eigenvalue weighted by atomic mass is 14.7. The van der Waals surface area contributed by atoms with Crippen LogP contribution >= 0.6 is 0 Å². The maximum Gasteiger partial charge on any atom is 0.0621 e. The third kappa shape index (κ3) is 1.92. The molecule has 1 aromatic heterocycles. The van der Waals surface area contributed by atoms with Gasteiger partial charge in [0.1, 0.15) is 0 Å². The summed E-state index contributed by atoms with van der Waals surface area (Å²) in [5.41, 5.74) is 1.30. The number of hydrogen-bond donors (Lipinski definition) is 1. The van der Waals surface area contributed by atoms with Gasteiger partial charge in [-0.05, 0) is 25.0 Å². The summed E-state index contributed by atoms with van der Waals surface area (Å²) >= 11 is 0. The van der Waals surface area contributed by atoms with Gasteiger partial charge in [0.05, 0.1) is 6.20 Å². The summed E-state index contributed by atoms with van der Waals surface area (Å²) in [4.78, 5) is 3.05. The maximum absolute atomic E-state index is 3.05. The zero-order valence-electron chi connectivity index (χ0n) is 5.78. The van der Waals surface area contributed by atoms with Crippen molar-refractivity contribution in [3.8, 4) is 0 Å². The smallest absolute Gasteiger partial charge is 0.0621 e. The second-order valence-corrected chi connectivity index (χ2v) is 2.23. The van der Waals surface area contributed by atoms with Gasteiger partial charge in [-0.25, -0.2) is 0 Å². The van der Waals surface area contributed by atoms with Crippen LogP contribution in [0.5, 0.6) is 0 Å². The van der Waals surface area contributed by atoms with Crippen LogP contribution < -0.4 is 0 Å². The molecular weight excluding hydrogens is 110 g/mol. The monoisotopic (exact) mass is 122 g/mol. The molecule has 1 radical (unpaired) electrons. The first kappa shape index (κ1) is 6.40. The Bertz CT molecular complexity index is 142. The van der Waals surface area contributed by atoms with Gasteiger partial charge in [-0.15, -0.1) is 0 Å². The molecular formula is C8H12N. The Morgan fingerprint density at radius 2 is 2.56 bits per heavy atom. The molecule has 1 aromatic rings. The van der Waals surface area contributed by atoms with E-state index in [2.05, 4.69) is 24.2 Å². The third-order valence-electron chi connectivity index (χ3n) is 1.40. The summed E-state index contributed by atoms with van der Waals surface area (Å²) in [5.74, 6) is 0. The predicted octanol–water partition coefficient (Wildman–Crippen LogP) is 2.16. The molecule has 0 aromatic carbocycles. The van der Waals surface area contributed by atoms with Gasteiger partial charge >= 0.3 is 0 Å². The maximum atomic E-state index is 3.05. The highest BCUT2D eigenvalue weighted by Crippen LogP contribution is 1.99. The predicted molar refractivity (Wildman–Crippen MR) is 38.2 cm³/mol. The van der Waals surface area contributed by atoms with Crippen LogP contribution in [-0.4, -0.2) is 4.98 Å². The van der Waals surface area contributed by atoms with Gasteiger partial charge in [-0.3, -0.25) is 0 Å². The fraction of sp³-hybridized carbons (Fsp3) is 0.500. The van der Waals surface area contributed by atoms with Gasteiger partial charge in [0.15, 0.2) is 0 Å². The largest absolute Gasteiger partial charge is 0.357 e. The molecule has 0 amide bonds. The van der Waals surface area contributed by atoms with Crippen molar-refractivity contribution in [2.45, 2.75) is 26.2 Å². The normalized spacial score (nSPS) is 9.89. The fourth-order valence-corrected chi connectivity index (χ4v) is 0.831. The first-order valence-corrected chi connectivity index (χ1v) is 3.47. The van der Waals surface area contributed by atoms with E-state index in [9.17, 15) is 0 Å². The van der Waals surface area contributed by atoms with E-state index < -0.39 is 0 Å². The second-order valence-electron chi connectivity index (χ2n) is 2.23. The van der Waals surface area contributed by atoms with E-state index in [1.165, 1.54) is 25.0 Å². The molecule has 0 aliphatic carbocycles. The zero-order chi connectivity index (χ0) is 6.53. The lowest BCUT2D eigenvalue weighted by Gasteiger charge is -1.91. The van der Waals surface area contributed by atoms with Gasteiger partial charge in [-0.2, -0.15) is 0 Å². The first-order chi connectivity index (χ1) is 4.43. The lowest BCUT2D eigenvalue weighted by molar-refractivity contribution is 0.781. The number of hydrogen-bond acceptors (Lipinski definition) is 0. The molecule has 1 nitrogen and oxygen atoms in total. The molecule has 0 atom stereocenters. The molecule has 1 N–H and O–H groups in total. The molecule has 0 spiro atoms. The standard InChI is InChI=1S/C8H12N/c1-2-3-5-8-6-4-7-9-8/h4,6,9H,2-3,5H2,1H3. The highest BCUT2D eigenvalue weighted by molar-refractivity contribution is 5.02. The van der Waals surface area contributed by atoms with E-state index in [4.69, 9.17) is 0 Å². The summed E-state index contributed by atoms with van der Waals surface area (Å²) in [7, 11) is 0. The molecule has 1 rings (SSSR count). The quantitative estimate of drug-likeness (QED) is 0.632. The summed E-state index contributed by atoms with van der Waals surface area (Å²) < 4.78 is 0. The van der Waals surface area contributed by atoms with Crippen molar-refractivity contribution >= 4 is 0 Å². The SMILES string of the molecule is CCCCc1cc[c][nH]1. The van der Waals surface area contributed by atoms with Crippen LogP contribution in [0.4, 0.5) is 0 Å². The summed E-state index contributed by atoms with van der Waals surface area (Å²) in [6.45, 7) is 2.20. The van der Waals surface area contributed by atoms with Gasteiger partial charge < -0.3 is 4.98 Å². The van der Waals surface area contributed by atoms with Crippen molar-refractivity contribution in [1.29, 1.82) is 0 Å². The van der Waals surface area contributed by atoms with E-state index in [0.717, 1.165) is 0 Å². The lowest BCUT2D eigenvalue weighted by atomic mass is 10.2. The number of unbranched alkanes of at least 4 members (excludes halogenated alkanes) is 1. The van der Waals surface area contributed by atoms with Crippen molar-refractivity contribution in [2.24, 2.45) is 0 Å². The Labute approximate surface area is 56.1 Å². The molecule has 0 unspecified atom stereocenters. The van der Waals surface area contributed by atoms with E-state index in [1.807, 2.05) is 6.07 Å². The molecule has 0 bridgehead atoms. The number of aromatic amines is 1. The Balaban J connectivity index is 2.30. The number of rotatable bonds is 3. The van der Waals surface area contributed by atoms with Crippen LogP contribution in [0.3, 0.4) is 0 Å². The van der Waals surface area contributed by atoms with Crippen LogP contribution in [0.2, 0.25) is 0 Å². The molecule has 0 saturated carbocycles. The van der Waals surface area contributed by atoms with E-state index in [1.54, 1.807) is 0 Å². The molecule has 0 aliphatic rings. The minimum absolute atomic E-state index is 1.17. The van der Waals surface area contributed by atoms with Gasteiger partial charge in [0.2, 0.25) is 0 Å². The minimum Gasteiger partial charge on any atom is -0.357 e. The Morgan fingerprint density at radius 1 is 1.67 bits per heavy atom. The average Bonchev–Trinajstić information content (AvgIpc) is 2.34. The molecule has 9 heavy (non-hydrogen) atoms. The van der Waals surface area contributed by atoms with Crippen LogP contribution in [-0.2, 0) is 6.42 Å². The van der Waals surface area contributed by atoms with Gasteiger partial charge in [0.25, 0.3) is 0 Å². The van der Waals surface area contributed by atoms with Crippen molar-refractivity contribution < 1.29 is 0 Å². The number of nitrogens with one attached hydrogen (secondary N) is 1. The summed E-state index contributed by atoms with van der Waals surface area (Å²) in [6.07, 6.45) is 6.62. The van der Waals surface area contributed by atoms with Crippen LogP contribution in [0, 0.1) is 6.20 Å². The number of aromatic nitrogens is 1. The van der Waals surface area contributed by atoms with Gasteiger partial charge in [-0.1, -0.05) is 13.3 Å². The van der Waals surface area contributed by atoms with Crippen LogP contribution in [0.1, 0.15) is 25.5 Å². The molecule has 0 aliphatic heterocycles. The Morgan fingerprint density at radius 3 is 3.11 bits per heavy atom. The van der Waals surface area contributed by atoms with E-state index >= 15 is 0 Å². The molecule has 49 valence electrons. The topological polar surface area (TPSA) is 15.8 Å². The van der Waals surface area contributed by atoms with E-state index in [0.29, 0.717) is 0 Å². The fourth-order valence-electron chi connectivity index (χ4n) is 0.831. The number of aryl methyl sites for hydroxylation is 1. The molecule has 0 saturated heterocycles. The highest BCUT2D eigenvalue weighted by Gasteiger charge is 1.88. The molecule has 1 heterocycles. The first-order valence-electron chi connectivity index (χ1n) is 3.47. The van der Waals surface area contributed by atoms with Crippen molar-refractivity contribution in [2.75, 3.05) is 0 Å². The molecule has 1 heteroatoms.